The summed E-state index contributed by atoms with van der Waals surface area (Å²) in [5.74, 6) is -0.104. The van der Waals surface area contributed by atoms with E-state index in [1.165, 1.54) is 0 Å². The molecule has 1 aromatic carbocycles. The Morgan fingerprint density at radius 3 is 2.71 bits per heavy atom. The van der Waals surface area contributed by atoms with Crippen LogP contribution in [0.15, 0.2) is 30.3 Å². The highest BCUT2D eigenvalue weighted by Crippen LogP contribution is 2.16. The minimum absolute atomic E-state index is 0.104. The van der Waals surface area contributed by atoms with Gasteiger partial charge in [-0.15, -0.1) is 0 Å². The van der Waals surface area contributed by atoms with Crippen molar-refractivity contribution in [1.82, 2.24) is 4.90 Å². The van der Waals surface area contributed by atoms with E-state index in [4.69, 9.17) is 11.0 Å². The number of hydrogen-bond donors (Lipinski definition) is 1. The van der Waals surface area contributed by atoms with Crippen molar-refractivity contribution in [1.29, 1.82) is 5.26 Å². The van der Waals surface area contributed by atoms with Crippen molar-refractivity contribution in [3.05, 3.63) is 35.9 Å². The summed E-state index contributed by atoms with van der Waals surface area (Å²) in [6.07, 6.45) is 1.21. The summed E-state index contributed by atoms with van der Waals surface area (Å²) >= 11 is 0. The molecule has 1 fully saturated rings. The Kier molecular flexibility index (Phi) is 3.40. The number of amides is 1. The van der Waals surface area contributed by atoms with Crippen LogP contribution in [0.3, 0.4) is 0 Å². The van der Waals surface area contributed by atoms with Gasteiger partial charge < -0.3 is 10.6 Å². The Morgan fingerprint density at radius 1 is 1.47 bits per heavy atom. The first kappa shape index (κ1) is 11.6. The summed E-state index contributed by atoms with van der Waals surface area (Å²) in [5, 5.41) is 9.17. The van der Waals surface area contributed by atoms with Crippen LogP contribution in [0.4, 0.5) is 0 Å². The minimum atomic E-state index is -0.429. The summed E-state index contributed by atoms with van der Waals surface area (Å²) in [4.78, 5) is 13.3. The average molecular weight is 229 g/mol. The van der Waals surface area contributed by atoms with Gasteiger partial charge in [0.25, 0.3) is 0 Å². The molecule has 0 saturated carbocycles. The number of hydrogen-bond acceptors (Lipinski definition) is 3. The van der Waals surface area contributed by atoms with Gasteiger partial charge in [0.05, 0.1) is 12.1 Å². The van der Waals surface area contributed by atoms with Gasteiger partial charge in [-0.2, -0.15) is 5.26 Å². The summed E-state index contributed by atoms with van der Waals surface area (Å²) in [7, 11) is 0. The molecule has 0 aliphatic carbocycles. The Bertz CT molecular complexity index is 438. The van der Waals surface area contributed by atoms with Crippen LogP contribution in [-0.4, -0.2) is 29.4 Å². The van der Waals surface area contributed by atoms with Gasteiger partial charge in [-0.25, -0.2) is 0 Å². The van der Waals surface area contributed by atoms with Crippen molar-refractivity contribution in [3.63, 3.8) is 0 Å². The third kappa shape index (κ3) is 2.45. The highest BCUT2D eigenvalue weighted by Gasteiger charge is 2.33. The van der Waals surface area contributed by atoms with E-state index in [2.05, 4.69) is 6.07 Å². The summed E-state index contributed by atoms with van der Waals surface area (Å²) < 4.78 is 0. The molecule has 1 amide bonds. The van der Waals surface area contributed by atoms with Crippen LogP contribution in [-0.2, 0) is 11.2 Å². The lowest BCUT2D eigenvalue weighted by atomic mass is 10.1. The largest absolute Gasteiger partial charge is 0.325 e. The maximum atomic E-state index is 11.7. The van der Waals surface area contributed by atoms with Gasteiger partial charge >= 0.3 is 0 Å². The van der Waals surface area contributed by atoms with Crippen LogP contribution in [0.5, 0.6) is 0 Å². The fourth-order valence-corrected chi connectivity index (χ4v) is 2.10. The molecule has 1 aliphatic heterocycles. The molecule has 0 spiro atoms. The molecule has 1 aromatic rings. The quantitative estimate of drug-likeness (QED) is 0.828. The van der Waals surface area contributed by atoms with E-state index in [1.54, 1.807) is 4.90 Å². The molecule has 17 heavy (non-hydrogen) atoms. The van der Waals surface area contributed by atoms with Crippen LogP contribution >= 0.6 is 0 Å². The fraction of sp³-hybridized carbons (Fsp3) is 0.385. The van der Waals surface area contributed by atoms with Gasteiger partial charge in [-0.1, -0.05) is 30.3 Å². The van der Waals surface area contributed by atoms with Crippen molar-refractivity contribution >= 4 is 5.91 Å². The van der Waals surface area contributed by atoms with Gasteiger partial charge in [0.1, 0.15) is 6.04 Å². The molecule has 0 unspecified atom stereocenters. The second-order valence-corrected chi connectivity index (χ2v) is 4.26. The molecule has 1 aliphatic rings. The van der Waals surface area contributed by atoms with Crippen molar-refractivity contribution in [2.24, 2.45) is 5.73 Å². The molecule has 2 N–H and O–H groups in total. The minimum Gasteiger partial charge on any atom is -0.325 e. The fourth-order valence-electron chi connectivity index (χ4n) is 2.10. The first-order valence-corrected chi connectivity index (χ1v) is 5.72. The third-order valence-electron chi connectivity index (χ3n) is 3.08. The normalized spacial score (nSPS) is 21.3. The summed E-state index contributed by atoms with van der Waals surface area (Å²) in [6, 6.07) is 11.1. The number of nitriles is 1. The van der Waals surface area contributed by atoms with Crippen LogP contribution in [0.25, 0.3) is 0 Å². The first-order chi connectivity index (χ1) is 8.22. The van der Waals surface area contributed by atoms with Crippen molar-refractivity contribution in [2.75, 3.05) is 6.54 Å². The smallest absolute Gasteiger partial charge is 0.240 e. The molecule has 0 aromatic heterocycles. The first-order valence-electron chi connectivity index (χ1n) is 5.72. The monoisotopic (exact) mass is 229 g/mol. The van der Waals surface area contributed by atoms with Crippen molar-refractivity contribution in [2.45, 2.75) is 24.9 Å². The Labute approximate surface area is 101 Å². The average Bonchev–Trinajstić information content (AvgIpc) is 2.69. The Hall–Kier alpha value is -1.86. The lowest BCUT2D eigenvalue weighted by molar-refractivity contribution is -0.129. The third-order valence-corrected chi connectivity index (χ3v) is 3.08. The van der Waals surface area contributed by atoms with E-state index >= 15 is 0 Å². The molecule has 0 bridgehead atoms. The summed E-state index contributed by atoms with van der Waals surface area (Å²) in [6.45, 7) is 0.588. The van der Waals surface area contributed by atoms with E-state index in [0.29, 0.717) is 19.4 Å². The van der Waals surface area contributed by atoms with E-state index < -0.39 is 12.1 Å². The molecule has 0 radical (unpaired) electrons. The molecule has 1 heterocycles. The lowest BCUT2D eigenvalue weighted by Crippen LogP contribution is -2.41. The highest BCUT2D eigenvalue weighted by molar-refractivity contribution is 5.84. The molecular formula is C13H15N3O. The van der Waals surface area contributed by atoms with Crippen LogP contribution < -0.4 is 5.73 Å². The predicted molar refractivity (Wildman–Crippen MR) is 63.9 cm³/mol. The zero-order valence-electron chi connectivity index (χ0n) is 9.54. The van der Waals surface area contributed by atoms with Crippen LogP contribution in [0, 0.1) is 11.3 Å². The number of nitrogens with two attached hydrogens (primary N) is 1. The van der Waals surface area contributed by atoms with Crippen molar-refractivity contribution in [3.8, 4) is 6.07 Å². The van der Waals surface area contributed by atoms with E-state index in [-0.39, 0.29) is 5.91 Å². The zero-order chi connectivity index (χ0) is 12.3. The molecule has 4 nitrogen and oxygen atoms in total. The summed E-state index contributed by atoms with van der Waals surface area (Å²) in [5.41, 5.74) is 6.72. The Balaban J connectivity index is 2.08. The molecule has 1 saturated heterocycles. The predicted octanol–water partition coefficient (Wildman–Crippen LogP) is 0.681. The number of carbonyl (C=O) groups is 1. The van der Waals surface area contributed by atoms with E-state index in [9.17, 15) is 4.79 Å². The number of benzene rings is 1. The second kappa shape index (κ2) is 4.98. The standard InChI is InChI=1S/C13H15N3O/c14-9-11(8-10-4-2-1-3-5-10)16-7-6-12(15)13(16)17/h1-5,11-12H,6-8,15H2/t11-,12-/m0/s1. The van der Waals surface area contributed by atoms with Gasteiger partial charge in [-0.05, 0) is 12.0 Å². The molecule has 4 heteroatoms. The van der Waals surface area contributed by atoms with Gasteiger partial charge in [0, 0.05) is 13.0 Å². The highest BCUT2D eigenvalue weighted by atomic mass is 16.2. The number of carbonyl (C=O) groups excluding carboxylic acids is 1. The van der Waals surface area contributed by atoms with Gasteiger partial charge in [0.2, 0.25) is 5.91 Å². The Morgan fingerprint density at radius 2 is 2.18 bits per heavy atom. The number of likely N-dealkylation sites (tertiary alicyclic amines) is 1. The number of nitrogens with zero attached hydrogens (tertiary/aromatic N) is 2. The van der Waals surface area contributed by atoms with Crippen LogP contribution in [0.1, 0.15) is 12.0 Å². The second-order valence-electron chi connectivity index (χ2n) is 4.26. The van der Waals surface area contributed by atoms with Crippen LogP contribution in [0.2, 0.25) is 0 Å². The molecule has 2 rings (SSSR count). The number of rotatable bonds is 3. The zero-order valence-corrected chi connectivity index (χ0v) is 9.54. The topological polar surface area (TPSA) is 70.1 Å². The van der Waals surface area contributed by atoms with Gasteiger partial charge in [0.15, 0.2) is 0 Å². The molecule has 2 atom stereocenters. The SMILES string of the molecule is N#C[C@H](Cc1ccccc1)N1CC[C@H](N)C1=O. The van der Waals surface area contributed by atoms with Gasteiger partial charge in [-0.3, -0.25) is 4.79 Å². The maximum absolute atomic E-state index is 11.7. The molecular weight excluding hydrogens is 214 g/mol. The maximum Gasteiger partial charge on any atom is 0.240 e. The van der Waals surface area contributed by atoms with E-state index in [0.717, 1.165) is 5.56 Å². The molecule has 88 valence electrons. The lowest BCUT2D eigenvalue weighted by Gasteiger charge is -2.22. The van der Waals surface area contributed by atoms with E-state index in [1.807, 2.05) is 30.3 Å². The van der Waals surface area contributed by atoms with Crippen molar-refractivity contribution < 1.29 is 4.79 Å².